The van der Waals surface area contributed by atoms with Crippen LogP contribution in [0.25, 0.3) is 0 Å². The first kappa shape index (κ1) is 15.0. The van der Waals surface area contributed by atoms with E-state index in [4.69, 9.17) is 4.74 Å². The maximum Gasteiger partial charge on any atom is 0.223 e. The number of halogens is 1. The van der Waals surface area contributed by atoms with E-state index >= 15 is 0 Å². The van der Waals surface area contributed by atoms with Gasteiger partial charge in [-0.05, 0) is 46.0 Å². The molecule has 0 saturated carbocycles. The van der Waals surface area contributed by atoms with Gasteiger partial charge in [0.25, 0.3) is 0 Å². The number of benzene rings is 1. The average Bonchev–Trinajstić information content (AvgIpc) is 2.46. The molecule has 106 valence electrons. The van der Waals surface area contributed by atoms with Crippen molar-refractivity contribution < 1.29 is 4.74 Å². The topological polar surface area (TPSA) is 35.0 Å². The molecule has 2 rings (SSSR count). The summed E-state index contributed by atoms with van der Waals surface area (Å²) < 4.78 is 6.53. The van der Waals surface area contributed by atoms with Gasteiger partial charge in [0, 0.05) is 12.5 Å². The Kier molecular flexibility index (Phi) is 5.12. The molecule has 0 amide bonds. The summed E-state index contributed by atoms with van der Waals surface area (Å²) in [7, 11) is 0. The fraction of sp³-hybridized carbons (Fsp3) is 0.375. The molecule has 1 heterocycles. The molecule has 0 radical (unpaired) electrons. The SMILES string of the molecule is CCc1nc(Br)cc(Oc2ccc(C(C)CC)cc2)n1. The third kappa shape index (κ3) is 3.79. The fourth-order valence-electron chi connectivity index (χ4n) is 1.87. The molecule has 1 aromatic heterocycles. The van der Waals surface area contributed by atoms with Gasteiger partial charge in [0.2, 0.25) is 5.88 Å². The molecule has 1 atom stereocenters. The molecule has 0 N–H and O–H groups in total. The van der Waals surface area contributed by atoms with E-state index in [0.717, 1.165) is 29.0 Å². The number of nitrogens with zero attached hydrogens (tertiary/aromatic N) is 2. The smallest absolute Gasteiger partial charge is 0.223 e. The molecule has 0 spiro atoms. The van der Waals surface area contributed by atoms with Crippen molar-refractivity contribution in [1.29, 1.82) is 0 Å². The van der Waals surface area contributed by atoms with E-state index in [1.54, 1.807) is 6.07 Å². The molecule has 0 saturated heterocycles. The van der Waals surface area contributed by atoms with Crippen molar-refractivity contribution in [2.24, 2.45) is 0 Å². The monoisotopic (exact) mass is 334 g/mol. The Bertz CT molecular complexity index is 569. The Morgan fingerprint density at radius 3 is 2.45 bits per heavy atom. The van der Waals surface area contributed by atoms with Crippen LogP contribution in [0.4, 0.5) is 0 Å². The van der Waals surface area contributed by atoms with E-state index in [-0.39, 0.29) is 0 Å². The Morgan fingerprint density at radius 1 is 1.15 bits per heavy atom. The van der Waals surface area contributed by atoms with Crippen LogP contribution in [0.2, 0.25) is 0 Å². The maximum absolute atomic E-state index is 5.79. The minimum absolute atomic E-state index is 0.569. The highest BCUT2D eigenvalue weighted by Crippen LogP contribution is 2.25. The molecule has 1 aromatic carbocycles. The fourth-order valence-corrected chi connectivity index (χ4v) is 2.27. The Balaban J connectivity index is 2.15. The number of aromatic nitrogens is 2. The molecule has 0 bridgehead atoms. The summed E-state index contributed by atoms with van der Waals surface area (Å²) in [6.45, 7) is 6.44. The van der Waals surface area contributed by atoms with Crippen molar-refractivity contribution in [3.63, 3.8) is 0 Å². The number of rotatable bonds is 5. The van der Waals surface area contributed by atoms with E-state index in [2.05, 4.69) is 51.9 Å². The van der Waals surface area contributed by atoms with Gasteiger partial charge in [-0.1, -0.05) is 32.9 Å². The molecule has 20 heavy (non-hydrogen) atoms. The second kappa shape index (κ2) is 6.84. The van der Waals surface area contributed by atoms with Crippen molar-refractivity contribution in [2.45, 2.75) is 39.5 Å². The minimum Gasteiger partial charge on any atom is -0.439 e. The first-order chi connectivity index (χ1) is 9.62. The lowest BCUT2D eigenvalue weighted by atomic mass is 9.99. The van der Waals surface area contributed by atoms with Gasteiger partial charge in [-0.3, -0.25) is 0 Å². The highest BCUT2D eigenvalue weighted by molar-refractivity contribution is 9.10. The Hall–Kier alpha value is -1.42. The molecule has 4 heteroatoms. The summed E-state index contributed by atoms with van der Waals surface area (Å²) >= 11 is 3.38. The third-order valence-corrected chi connectivity index (χ3v) is 3.72. The molecule has 0 aliphatic rings. The second-order valence-electron chi connectivity index (χ2n) is 4.78. The van der Waals surface area contributed by atoms with Crippen molar-refractivity contribution in [3.8, 4) is 11.6 Å². The van der Waals surface area contributed by atoms with Crippen molar-refractivity contribution >= 4 is 15.9 Å². The Morgan fingerprint density at radius 2 is 1.85 bits per heavy atom. The maximum atomic E-state index is 5.79. The largest absolute Gasteiger partial charge is 0.439 e. The van der Waals surface area contributed by atoms with Crippen LogP contribution in [0.1, 0.15) is 44.5 Å². The van der Waals surface area contributed by atoms with Crippen LogP contribution in [0.15, 0.2) is 34.9 Å². The highest BCUT2D eigenvalue weighted by atomic mass is 79.9. The molecule has 3 nitrogen and oxygen atoms in total. The van der Waals surface area contributed by atoms with E-state index in [9.17, 15) is 0 Å². The normalized spacial score (nSPS) is 12.2. The summed E-state index contributed by atoms with van der Waals surface area (Å²) in [5, 5.41) is 0. The van der Waals surface area contributed by atoms with Crippen molar-refractivity contribution in [3.05, 3.63) is 46.3 Å². The van der Waals surface area contributed by atoms with E-state index in [0.29, 0.717) is 11.8 Å². The third-order valence-electron chi connectivity index (χ3n) is 3.32. The summed E-state index contributed by atoms with van der Waals surface area (Å²) in [6, 6.07) is 9.98. The van der Waals surface area contributed by atoms with Gasteiger partial charge in [-0.2, -0.15) is 4.98 Å². The van der Waals surface area contributed by atoms with Gasteiger partial charge in [-0.25, -0.2) is 4.98 Å². The summed E-state index contributed by atoms with van der Waals surface area (Å²) in [4.78, 5) is 8.63. The zero-order valence-corrected chi connectivity index (χ0v) is 13.6. The number of ether oxygens (including phenoxy) is 1. The molecule has 0 aliphatic carbocycles. The standard InChI is InChI=1S/C16H19BrN2O/c1-4-11(3)12-6-8-13(9-7-12)20-16-10-14(17)18-15(5-2)19-16/h6-11H,4-5H2,1-3H3. The van der Waals surface area contributed by atoms with Crippen LogP contribution in [-0.2, 0) is 6.42 Å². The van der Waals surface area contributed by atoms with Gasteiger partial charge in [0.05, 0.1) is 0 Å². The summed E-state index contributed by atoms with van der Waals surface area (Å²) in [5.74, 6) is 2.71. The summed E-state index contributed by atoms with van der Waals surface area (Å²) in [6.07, 6.45) is 1.92. The zero-order chi connectivity index (χ0) is 14.5. The van der Waals surface area contributed by atoms with E-state index < -0.39 is 0 Å². The van der Waals surface area contributed by atoms with Gasteiger partial charge in [-0.15, -0.1) is 0 Å². The van der Waals surface area contributed by atoms with Gasteiger partial charge in [0.15, 0.2) is 0 Å². The number of hydrogen-bond acceptors (Lipinski definition) is 3. The van der Waals surface area contributed by atoms with Crippen molar-refractivity contribution in [2.75, 3.05) is 0 Å². The highest BCUT2D eigenvalue weighted by Gasteiger charge is 2.06. The van der Waals surface area contributed by atoms with E-state index in [1.807, 2.05) is 19.1 Å². The van der Waals surface area contributed by atoms with Gasteiger partial charge >= 0.3 is 0 Å². The lowest BCUT2D eigenvalue weighted by Gasteiger charge is -2.10. The van der Waals surface area contributed by atoms with Gasteiger partial charge < -0.3 is 4.74 Å². The molecule has 0 aliphatic heterocycles. The predicted molar refractivity (Wildman–Crippen MR) is 84.3 cm³/mol. The molecule has 1 unspecified atom stereocenters. The van der Waals surface area contributed by atoms with E-state index in [1.165, 1.54) is 5.56 Å². The van der Waals surface area contributed by atoms with Crippen LogP contribution in [0.5, 0.6) is 11.6 Å². The average molecular weight is 335 g/mol. The first-order valence-corrected chi connectivity index (χ1v) is 7.73. The van der Waals surface area contributed by atoms with Crippen molar-refractivity contribution in [1.82, 2.24) is 9.97 Å². The van der Waals surface area contributed by atoms with Crippen LogP contribution in [0, 0.1) is 0 Å². The molecule has 2 aromatic rings. The van der Waals surface area contributed by atoms with Gasteiger partial charge in [0.1, 0.15) is 16.2 Å². The molecular formula is C16H19BrN2O. The summed E-state index contributed by atoms with van der Waals surface area (Å²) in [5.41, 5.74) is 1.33. The lowest BCUT2D eigenvalue weighted by molar-refractivity contribution is 0.457. The Labute approximate surface area is 128 Å². The lowest BCUT2D eigenvalue weighted by Crippen LogP contribution is -1.97. The second-order valence-corrected chi connectivity index (χ2v) is 5.59. The van der Waals surface area contributed by atoms with Crippen LogP contribution < -0.4 is 4.74 Å². The minimum atomic E-state index is 0.569. The zero-order valence-electron chi connectivity index (χ0n) is 12.1. The quantitative estimate of drug-likeness (QED) is 0.713. The first-order valence-electron chi connectivity index (χ1n) is 6.93. The number of hydrogen-bond donors (Lipinski definition) is 0. The molecular weight excluding hydrogens is 316 g/mol. The van der Waals surface area contributed by atoms with Crippen LogP contribution >= 0.6 is 15.9 Å². The molecule has 0 fully saturated rings. The van der Waals surface area contributed by atoms with Crippen LogP contribution in [0.3, 0.4) is 0 Å². The van der Waals surface area contributed by atoms with Crippen LogP contribution in [-0.4, -0.2) is 9.97 Å². The predicted octanol–water partition coefficient (Wildman–Crippen LogP) is 5.11. The number of aryl methyl sites for hydroxylation is 1.